The van der Waals surface area contributed by atoms with Crippen LogP contribution in [0, 0.1) is 0 Å². The number of nitrogens with zero attached hydrogens (tertiary/aromatic N) is 3. The van der Waals surface area contributed by atoms with E-state index in [1.807, 2.05) is 12.1 Å². The molecule has 2 aromatic carbocycles. The van der Waals surface area contributed by atoms with E-state index in [0.29, 0.717) is 33.1 Å². The van der Waals surface area contributed by atoms with Crippen LogP contribution in [0.2, 0.25) is 0 Å². The third-order valence-electron chi connectivity index (χ3n) is 7.00. The van der Waals surface area contributed by atoms with Crippen LogP contribution in [-0.2, 0) is 4.74 Å². The summed E-state index contributed by atoms with van der Waals surface area (Å²) in [4.78, 5) is 22.8. The van der Waals surface area contributed by atoms with Gasteiger partial charge in [0.15, 0.2) is 16.6 Å². The van der Waals surface area contributed by atoms with Crippen LogP contribution in [0.4, 0.5) is 22.3 Å². The standard InChI is InChI=1S/C26H29N5O4S/c27-25-24(23(32)17-1-6-21-22(15-17)35-16-34-21)36-26(29-25)28-18-2-4-19(5-3-18)30-9-7-20(8-10-30)31-11-13-33-14-12-31/h1-6,15,20H,7-14,16,27H2,(H,28,29). The van der Waals surface area contributed by atoms with Crippen molar-refractivity contribution in [2.24, 2.45) is 0 Å². The number of morpholine rings is 1. The Labute approximate surface area is 213 Å². The van der Waals surface area contributed by atoms with Crippen LogP contribution in [0.1, 0.15) is 28.1 Å². The molecule has 2 saturated heterocycles. The van der Waals surface area contributed by atoms with Gasteiger partial charge in [-0.1, -0.05) is 11.3 Å². The number of benzene rings is 2. The molecule has 6 rings (SSSR count). The zero-order chi connectivity index (χ0) is 24.5. The van der Waals surface area contributed by atoms with Crippen molar-refractivity contribution >= 4 is 39.4 Å². The smallest absolute Gasteiger partial charge is 0.231 e. The Hall–Kier alpha value is -3.34. The quantitative estimate of drug-likeness (QED) is 0.483. The van der Waals surface area contributed by atoms with Crippen molar-refractivity contribution in [3.05, 3.63) is 52.9 Å². The van der Waals surface area contributed by atoms with Crippen molar-refractivity contribution in [2.45, 2.75) is 18.9 Å². The third-order valence-corrected chi connectivity index (χ3v) is 7.99. The first-order chi connectivity index (χ1) is 17.6. The van der Waals surface area contributed by atoms with Gasteiger partial charge in [-0.3, -0.25) is 9.69 Å². The largest absolute Gasteiger partial charge is 0.454 e. The van der Waals surface area contributed by atoms with E-state index in [-0.39, 0.29) is 18.4 Å². The number of thiazole rings is 1. The summed E-state index contributed by atoms with van der Waals surface area (Å²) in [5.74, 6) is 1.22. The van der Waals surface area contributed by atoms with Crippen molar-refractivity contribution in [1.29, 1.82) is 0 Å². The Balaban J connectivity index is 1.08. The molecule has 0 bridgehead atoms. The average molecular weight is 508 g/mol. The van der Waals surface area contributed by atoms with E-state index in [0.717, 1.165) is 45.1 Å². The molecule has 9 nitrogen and oxygen atoms in total. The summed E-state index contributed by atoms with van der Waals surface area (Å²) in [5, 5.41) is 3.87. The number of nitrogens with one attached hydrogen (secondary N) is 1. The molecule has 0 amide bonds. The van der Waals surface area contributed by atoms with E-state index in [9.17, 15) is 4.79 Å². The Morgan fingerprint density at radius 3 is 2.53 bits per heavy atom. The fourth-order valence-electron chi connectivity index (χ4n) is 5.03. The van der Waals surface area contributed by atoms with Gasteiger partial charge < -0.3 is 30.2 Å². The fraction of sp³-hybridized carbons (Fsp3) is 0.385. The van der Waals surface area contributed by atoms with Crippen molar-refractivity contribution in [2.75, 3.05) is 62.1 Å². The first-order valence-corrected chi connectivity index (χ1v) is 13.1. The minimum atomic E-state index is -0.188. The van der Waals surface area contributed by atoms with Crippen molar-refractivity contribution < 1.29 is 19.0 Å². The van der Waals surface area contributed by atoms with Crippen LogP contribution >= 0.6 is 11.3 Å². The summed E-state index contributed by atoms with van der Waals surface area (Å²) >= 11 is 1.24. The lowest BCUT2D eigenvalue weighted by atomic mass is 10.0. The Kier molecular flexibility index (Phi) is 6.39. The highest BCUT2D eigenvalue weighted by molar-refractivity contribution is 7.18. The van der Waals surface area contributed by atoms with Crippen molar-refractivity contribution in [3.8, 4) is 11.5 Å². The number of hydrogen-bond donors (Lipinski definition) is 2. The minimum absolute atomic E-state index is 0.162. The topological polar surface area (TPSA) is 102 Å². The molecule has 188 valence electrons. The number of carbonyl (C=O) groups is 1. The van der Waals surface area contributed by atoms with E-state index in [4.69, 9.17) is 19.9 Å². The second kappa shape index (κ2) is 9.96. The van der Waals surface area contributed by atoms with Crippen LogP contribution in [0.3, 0.4) is 0 Å². The number of rotatable bonds is 6. The monoisotopic (exact) mass is 507 g/mol. The summed E-state index contributed by atoms with van der Waals surface area (Å²) < 4.78 is 16.2. The lowest BCUT2D eigenvalue weighted by molar-refractivity contribution is 0.0115. The van der Waals surface area contributed by atoms with Gasteiger partial charge in [-0.05, 0) is 55.3 Å². The molecule has 1 aromatic heterocycles. The van der Waals surface area contributed by atoms with Crippen LogP contribution in [-0.4, -0.2) is 67.9 Å². The maximum absolute atomic E-state index is 13.0. The summed E-state index contributed by atoms with van der Waals surface area (Å²) in [6.45, 7) is 6.09. The van der Waals surface area contributed by atoms with Gasteiger partial charge in [0.2, 0.25) is 12.6 Å². The molecule has 0 atom stereocenters. The molecular weight excluding hydrogens is 478 g/mol. The molecule has 0 unspecified atom stereocenters. The predicted octanol–water partition coefficient (Wildman–Crippen LogP) is 3.73. The molecule has 2 fully saturated rings. The first-order valence-electron chi connectivity index (χ1n) is 12.3. The molecule has 36 heavy (non-hydrogen) atoms. The van der Waals surface area contributed by atoms with E-state index in [2.05, 4.69) is 32.2 Å². The summed E-state index contributed by atoms with van der Waals surface area (Å²) in [6, 6.07) is 14.1. The van der Waals surface area contributed by atoms with E-state index < -0.39 is 0 Å². The molecule has 0 radical (unpaired) electrons. The summed E-state index contributed by atoms with van der Waals surface area (Å²) in [5.41, 5.74) is 8.71. The van der Waals surface area contributed by atoms with Gasteiger partial charge in [-0.25, -0.2) is 4.98 Å². The van der Waals surface area contributed by atoms with Crippen LogP contribution in [0.15, 0.2) is 42.5 Å². The van der Waals surface area contributed by atoms with Gasteiger partial charge in [0.05, 0.1) is 13.2 Å². The Morgan fingerprint density at radius 1 is 1.00 bits per heavy atom. The number of anilines is 4. The zero-order valence-electron chi connectivity index (χ0n) is 19.9. The lowest BCUT2D eigenvalue weighted by Crippen LogP contribution is -2.49. The minimum Gasteiger partial charge on any atom is -0.454 e. The van der Waals surface area contributed by atoms with Gasteiger partial charge in [-0.15, -0.1) is 0 Å². The molecule has 3 aliphatic rings. The highest BCUT2D eigenvalue weighted by Gasteiger charge is 2.26. The highest BCUT2D eigenvalue weighted by Crippen LogP contribution is 2.35. The SMILES string of the molecule is Nc1nc(Nc2ccc(N3CCC(N4CCOCC4)CC3)cc2)sc1C(=O)c1ccc2c(c1)OCO2. The van der Waals surface area contributed by atoms with E-state index in [1.165, 1.54) is 29.9 Å². The predicted molar refractivity (Wildman–Crippen MR) is 140 cm³/mol. The number of nitrogen functional groups attached to an aromatic ring is 1. The number of ketones is 1. The van der Waals surface area contributed by atoms with Gasteiger partial charge in [0.1, 0.15) is 10.7 Å². The Morgan fingerprint density at radius 2 is 1.75 bits per heavy atom. The fourth-order valence-corrected chi connectivity index (χ4v) is 5.89. The van der Waals surface area contributed by atoms with Crippen molar-refractivity contribution in [3.63, 3.8) is 0 Å². The van der Waals surface area contributed by atoms with Gasteiger partial charge in [0, 0.05) is 49.2 Å². The number of fused-ring (bicyclic) bond motifs is 1. The second-order valence-corrected chi connectivity index (χ2v) is 10.2. The zero-order valence-corrected chi connectivity index (χ0v) is 20.8. The number of hydrogen-bond acceptors (Lipinski definition) is 10. The van der Waals surface area contributed by atoms with Crippen LogP contribution in [0.25, 0.3) is 0 Å². The summed E-state index contributed by atoms with van der Waals surface area (Å²) in [7, 11) is 0. The van der Waals surface area contributed by atoms with Crippen LogP contribution < -0.4 is 25.4 Å². The molecule has 3 N–H and O–H groups in total. The molecule has 0 aliphatic carbocycles. The summed E-state index contributed by atoms with van der Waals surface area (Å²) in [6.07, 6.45) is 2.36. The molecule has 0 saturated carbocycles. The van der Waals surface area contributed by atoms with E-state index >= 15 is 0 Å². The first kappa shape index (κ1) is 23.1. The number of carbonyl (C=O) groups excluding carboxylic acids is 1. The maximum Gasteiger partial charge on any atom is 0.231 e. The number of aromatic nitrogens is 1. The number of nitrogens with two attached hydrogens (primary N) is 1. The van der Waals surface area contributed by atoms with Gasteiger partial charge in [-0.2, -0.15) is 0 Å². The number of piperidine rings is 1. The molecule has 3 aromatic rings. The van der Waals surface area contributed by atoms with Gasteiger partial charge in [0.25, 0.3) is 0 Å². The Bertz CT molecular complexity index is 1230. The molecular formula is C26H29N5O4S. The molecule has 10 heteroatoms. The van der Waals surface area contributed by atoms with Crippen molar-refractivity contribution in [1.82, 2.24) is 9.88 Å². The average Bonchev–Trinajstić information content (AvgIpc) is 3.55. The third kappa shape index (κ3) is 4.71. The second-order valence-electron chi connectivity index (χ2n) is 9.17. The maximum atomic E-state index is 13.0. The van der Waals surface area contributed by atoms with E-state index in [1.54, 1.807) is 18.2 Å². The molecule has 0 spiro atoms. The lowest BCUT2D eigenvalue weighted by Gasteiger charge is -2.40. The molecule has 3 aliphatic heterocycles. The normalized spacial score (nSPS) is 18.4. The van der Waals surface area contributed by atoms with Crippen LogP contribution in [0.5, 0.6) is 11.5 Å². The van der Waals surface area contributed by atoms with Gasteiger partial charge >= 0.3 is 0 Å². The highest BCUT2D eigenvalue weighted by atomic mass is 32.1. The number of ether oxygens (including phenoxy) is 3. The molecule has 4 heterocycles.